The number of aliphatic hydroxyl groups is 1. The van der Waals surface area contributed by atoms with E-state index in [4.69, 9.17) is 5.11 Å². The Labute approximate surface area is 140 Å². The van der Waals surface area contributed by atoms with Gasteiger partial charge in [0.15, 0.2) is 0 Å². The monoisotopic (exact) mass is 347 g/mol. The van der Waals surface area contributed by atoms with Crippen molar-refractivity contribution in [2.45, 2.75) is 12.3 Å². The van der Waals surface area contributed by atoms with Gasteiger partial charge < -0.3 is 10.2 Å². The molecule has 0 saturated carbocycles. The largest absolute Gasteiger partial charge is 0.478 e. The molecule has 3 aromatic rings. The van der Waals surface area contributed by atoms with E-state index in [0.29, 0.717) is 5.39 Å². The lowest BCUT2D eigenvalue weighted by Crippen LogP contribution is -2.11. The van der Waals surface area contributed by atoms with Crippen molar-refractivity contribution in [3.63, 3.8) is 0 Å². The molecule has 4 nitrogen and oxygen atoms in total. The molecule has 0 bridgehead atoms. The third kappa shape index (κ3) is 3.32. The van der Waals surface area contributed by atoms with Gasteiger partial charge in [0, 0.05) is 5.39 Å². The number of carbonyl (C=O) groups is 1. The fraction of sp³-hybridized carbons (Fsp3) is 0.111. The summed E-state index contributed by atoms with van der Waals surface area (Å²) >= 11 is 0. The van der Waals surface area contributed by atoms with Crippen molar-refractivity contribution >= 4 is 16.9 Å². The van der Waals surface area contributed by atoms with Crippen LogP contribution in [-0.4, -0.2) is 21.2 Å². The number of aromatic nitrogens is 1. The quantitative estimate of drug-likeness (QED) is 0.750. The number of benzene rings is 2. The molecule has 0 amide bonds. The molecule has 0 spiro atoms. The number of rotatable bonds is 3. The molecular formula is C18H12F3NO3. The van der Waals surface area contributed by atoms with Gasteiger partial charge in [0.25, 0.3) is 0 Å². The summed E-state index contributed by atoms with van der Waals surface area (Å²) in [5.41, 5.74) is -0.613. The van der Waals surface area contributed by atoms with Gasteiger partial charge in [0.1, 0.15) is 11.8 Å². The Morgan fingerprint density at radius 3 is 2.28 bits per heavy atom. The molecule has 0 radical (unpaired) electrons. The average Bonchev–Trinajstić information content (AvgIpc) is 2.59. The van der Waals surface area contributed by atoms with E-state index in [1.165, 1.54) is 30.3 Å². The number of hydrogen-bond donors (Lipinski definition) is 2. The second kappa shape index (κ2) is 6.18. The van der Waals surface area contributed by atoms with E-state index in [2.05, 4.69) is 4.98 Å². The third-order valence-electron chi connectivity index (χ3n) is 3.81. The number of para-hydroxylation sites is 1. The first-order valence-corrected chi connectivity index (χ1v) is 7.25. The SMILES string of the molecule is O=C(O)c1ccc(C(O)c2cc(C(F)(F)F)nc3ccccc23)cc1. The normalized spacial score (nSPS) is 13.0. The molecule has 128 valence electrons. The van der Waals surface area contributed by atoms with Crippen LogP contribution in [0.3, 0.4) is 0 Å². The fourth-order valence-corrected chi connectivity index (χ4v) is 2.56. The van der Waals surface area contributed by atoms with E-state index in [9.17, 15) is 23.1 Å². The molecule has 1 unspecified atom stereocenters. The van der Waals surface area contributed by atoms with Crippen LogP contribution in [0.25, 0.3) is 10.9 Å². The molecule has 0 saturated heterocycles. The zero-order valence-corrected chi connectivity index (χ0v) is 12.7. The number of nitrogens with zero attached hydrogens (tertiary/aromatic N) is 1. The minimum atomic E-state index is -4.65. The van der Waals surface area contributed by atoms with E-state index in [1.807, 2.05) is 0 Å². The number of pyridine rings is 1. The molecule has 0 aliphatic carbocycles. The van der Waals surface area contributed by atoms with E-state index >= 15 is 0 Å². The molecule has 1 atom stereocenters. The lowest BCUT2D eigenvalue weighted by atomic mass is 9.96. The number of hydrogen-bond acceptors (Lipinski definition) is 3. The number of alkyl halides is 3. The summed E-state index contributed by atoms with van der Waals surface area (Å²) in [7, 11) is 0. The summed E-state index contributed by atoms with van der Waals surface area (Å²) < 4.78 is 39.3. The Hall–Kier alpha value is -2.93. The number of fused-ring (bicyclic) bond motifs is 1. The van der Waals surface area contributed by atoms with Gasteiger partial charge in [0.05, 0.1) is 11.1 Å². The van der Waals surface area contributed by atoms with Crippen LogP contribution in [-0.2, 0) is 6.18 Å². The van der Waals surface area contributed by atoms with Gasteiger partial charge in [-0.15, -0.1) is 0 Å². The summed E-state index contributed by atoms with van der Waals surface area (Å²) in [5.74, 6) is -1.13. The van der Waals surface area contributed by atoms with Crippen molar-refractivity contribution < 1.29 is 28.2 Å². The standard InChI is InChI=1S/C18H12F3NO3/c19-18(20,21)15-9-13(12-3-1-2-4-14(12)22-15)16(23)10-5-7-11(8-6-10)17(24)25/h1-9,16,23H,(H,24,25). The second-order valence-corrected chi connectivity index (χ2v) is 5.44. The highest BCUT2D eigenvalue weighted by atomic mass is 19.4. The third-order valence-corrected chi connectivity index (χ3v) is 3.81. The topological polar surface area (TPSA) is 70.4 Å². The summed E-state index contributed by atoms with van der Waals surface area (Å²) in [5, 5.41) is 19.9. The average molecular weight is 347 g/mol. The Balaban J connectivity index is 2.14. The van der Waals surface area contributed by atoms with Gasteiger partial charge in [-0.25, -0.2) is 9.78 Å². The zero-order valence-electron chi connectivity index (χ0n) is 12.7. The Bertz CT molecular complexity index is 936. The number of halogens is 3. The van der Waals surface area contributed by atoms with Crippen LogP contribution in [0.4, 0.5) is 13.2 Å². The maximum absolute atomic E-state index is 13.1. The molecule has 1 aromatic heterocycles. The van der Waals surface area contributed by atoms with E-state index in [1.54, 1.807) is 18.2 Å². The first-order valence-electron chi connectivity index (χ1n) is 7.25. The summed E-state index contributed by atoms with van der Waals surface area (Å²) in [6.07, 6.45) is -6.00. The molecule has 0 aliphatic heterocycles. The molecule has 1 heterocycles. The van der Waals surface area contributed by atoms with Crippen LogP contribution < -0.4 is 0 Å². The molecule has 7 heteroatoms. The van der Waals surface area contributed by atoms with E-state index in [0.717, 1.165) is 6.07 Å². The van der Waals surface area contributed by atoms with Crippen LogP contribution >= 0.6 is 0 Å². The van der Waals surface area contributed by atoms with E-state index < -0.39 is 23.9 Å². The Morgan fingerprint density at radius 2 is 1.68 bits per heavy atom. The van der Waals surface area contributed by atoms with Crippen molar-refractivity contribution in [2.75, 3.05) is 0 Å². The van der Waals surface area contributed by atoms with E-state index in [-0.39, 0.29) is 22.2 Å². The highest BCUT2D eigenvalue weighted by Gasteiger charge is 2.34. The molecule has 0 fully saturated rings. The second-order valence-electron chi connectivity index (χ2n) is 5.44. The van der Waals surface area contributed by atoms with Gasteiger partial charge >= 0.3 is 12.1 Å². The minimum absolute atomic E-state index is 0.0199. The first kappa shape index (κ1) is 16.9. The van der Waals surface area contributed by atoms with Crippen LogP contribution in [0, 0.1) is 0 Å². The highest BCUT2D eigenvalue weighted by Crippen LogP contribution is 2.34. The van der Waals surface area contributed by atoms with Crippen molar-refractivity contribution in [2.24, 2.45) is 0 Å². The van der Waals surface area contributed by atoms with Gasteiger partial charge in [-0.3, -0.25) is 0 Å². The van der Waals surface area contributed by atoms with Crippen LogP contribution in [0.2, 0.25) is 0 Å². The number of carboxylic acids is 1. The van der Waals surface area contributed by atoms with Crippen molar-refractivity contribution in [3.05, 3.63) is 77.0 Å². The lowest BCUT2D eigenvalue weighted by molar-refractivity contribution is -0.141. The molecule has 2 N–H and O–H groups in total. The highest BCUT2D eigenvalue weighted by molar-refractivity contribution is 5.87. The predicted molar refractivity (Wildman–Crippen MR) is 84.2 cm³/mol. The maximum Gasteiger partial charge on any atom is 0.433 e. The van der Waals surface area contributed by atoms with Crippen molar-refractivity contribution in [1.29, 1.82) is 0 Å². The fourth-order valence-electron chi connectivity index (χ4n) is 2.56. The summed E-state index contributed by atoms with van der Waals surface area (Å²) in [6, 6.07) is 12.4. The van der Waals surface area contributed by atoms with Crippen molar-refractivity contribution in [3.8, 4) is 0 Å². The Morgan fingerprint density at radius 1 is 1.04 bits per heavy atom. The number of aliphatic hydroxyl groups excluding tert-OH is 1. The number of aromatic carboxylic acids is 1. The molecule has 2 aromatic carbocycles. The van der Waals surface area contributed by atoms with Gasteiger partial charge in [-0.2, -0.15) is 13.2 Å². The molecule has 0 aliphatic rings. The van der Waals surface area contributed by atoms with Gasteiger partial charge in [-0.05, 0) is 35.4 Å². The molecule has 3 rings (SSSR count). The van der Waals surface area contributed by atoms with Crippen LogP contribution in [0.1, 0.15) is 33.3 Å². The van der Waals surface area contributed by atoms with Crippen molar-refractivity contribution in [1.82, 2.24) is 4.98 Å². The van der Waals surface area contributed by atoms with Crippen LogP contribution in [0.15, 0.2) is 54.6 Å². The van der Waals surface area contributed by atoms with Crippen LogP contribution in [0.5, 0.6) is 0 Å². The summed E-state index contributed by atoms with van der Waals surface area (Å²) in [6.45, 7) is 0. The zero-order chi connectivity index (χ0) is 18.2. The molecular weight excluding hydrogens is 335 g/mol. The summed E-state index contributed by atoms with van der Waals surface area (Å²) in [4.78, 5) is 14.5. The lowest BCUT2D eigenvalue weighted by Gasteiger charge is -2.17. The molecule has 25 heavy (non-hydrogen) atoms. The first-order chi connectivity index (χ1) is 11.8. The Kier molecular flexibility index (Phi) is 4.18. The van der Waals surface area contributed by atoms with Gasteiger partial charge in [-0.1, -0.05) is 30.3 Å². The smallest absolute Gasteiger partial charge is 0.433 e. The maximum atomic E-state index is 13.1. The van der Waals surface area contributed by atoms with Gasteiger partial charge in [0.2, 0.25) is 0 Å². The minimum Gasteiger partial charge on any atom is -0.478 e. The number of carboxylic acid groups (broad SMARTS) is 1. The predicted octanol–water partition coefficient (Wildman–Crippen LogP) is 4.03.